The van der Waals surface area contributed by atoms with Crippen molar-refractivity contribution in [2.45, 2.75) is 32.9 Å². The molecule has 5 nitrogen and oxygen atoms in total. The minimum Gasteiger partial charge on any atom is -0.488 e. The zero-order chi connectivity index (χ0) is 20.1. The maximum atomic E-state index is 14.0. The van der Waals surface area contributed by atoms with Crippen molar-refractivity contribution in [3.05, 3.63) is 73.4 Å². The number of nitrogens with one attached hydrogen (secondary N) is 2. The van der Waals surface area contributed by atoms with Crippen molar-refractivity contribution in [2.75, 3.05) is 5.43 Å². The molecule has 3 aromatic rings. The van der Waals surface area contributed by atoms with Crippen LogP contribution in [0.4, 0.5) is 4.39 Å². The topological polar surface area (TPSA) is 54.9 Å². The lowest BCUT2D eigenvalue weighted by Gasteiger charge is -2.15. The number of aromatic amines is 1. The second kappa shape index (κ2) is 9.54. The van der Waals surface area contributed by atoms with E-state index in [0.717, 1.165) is 28.7 Å². The standard InChI is InChI=1S/C19H19BrClFN4OS/c1-2-4-18-24-25-19(28)26(18)23-10-12-9-13(20)7-8-17(12)27-11-14-15(21)5-3-6-16(14)22/h3,5-9,23H,2,4,10-11H2,1H3,(H,25,28). The van der Waals surface area contributed by atoms with Gasteiger partial charge in [0.1, 0.15) is 18.2 Å². The third-order valence-corrected chi connectivity index (χ3v) is 5.22. The molecule has 148 valence electrons. The molecule has 0 atom stereocenters. The third-order valence-electron chi connectivity index (χ3n) is 4.10. The van der Waals surface area contributed by atoms with Crippen molar-refractivity contribution in [1.82, 2.24) is 14.9 Å². The molecule has 2 N–H and O–H groups in total. The molecule has 0 aliphatic carbocycles. The average Bonchev–Trinajstić information content (AvgIpc) is 3.01. The number of hydrogen-bond donors (Lipinski definition) is 2. The van der Waals surface area contributed by atoms with Crippen LogP contribution in [-0.4, -0.2) is 14.9 Å². The van der Waals surface area contributed by atoms with Crippen LogP contribution >= 0.6 is 39.7 Å². The van der Waals surface area contributed by atoms with Gasteiger partial charge in [-0.05, 0) is 49.0 Å². The van der Waals surface area contributed by atoms with Crippen LogP contribution in [-0.2, 0) is 19.6 Å². The Bertz CT molecular complexity index is 1000. The van der Waals surface area contributed by atoms with E-state index in [1.54, 1.807) is 16.8 Å². The van der Waals surface area contributed by atoms with Crippen molar-refractivity contribution in [1.29, 1.82) is 0 Å². The molecular formula is C19H19BrClFN4OS. The van der Waals surface area contributed by atoms with Gasteiger partial charge in [-0.25, -0.2) is 9.07 Å². The van der Waals surface area contributed by atoms with Gasteiger partial charge in [-0.3, -0.25) is 5.10 Å². The largest absolute Gasteiger partial charge is 0.488 e. The van der Waals surface area contributed by atoms with Crippen LogP contribution in [0.25, 0.3) is 0 Å². The summed E-state index contributed by atoms with van der Waals surface area (Å²) >= 11 is 14.9. The molecule has 0 amide bonds. The number of aryl methyl sites for hydroxylation is 1. The predicted molar refractivity (Wildman–Crippen MR) is 114 cm³/mol. The highest BCUT2D eigenvalue weighted by Crippen LogP contribution is 2.26. The predicted octanol–water partition coefficient (Wildman–Crippen LogP) is 5.77. The van der Waals surface area contributed by atoms with E-state index in [2.05, 4.69) is 38.5 Å². The Morgan fingerprint density at radius 1 is 1.36 bits per heavy atom. The van der Waals surface area contributed by atoms with Crippen LogP contribution in [0.5, 0.6) is 5.75 Å². The molecule has 9 heteroatoms. The van der Waals surface area contributed by atoms with Gasteiger partial charge in [0.15, 0.2) is 5.82 Å². The fourth-order valence-corrected chi connectivity index (χ4v) is 3.54. The Morgan fingerprint density at radius 2 is 2.18 bits per heavy atom. The van der Waals surface area contributed by atoms with Gasteiger partial charge < -0.3 is 10.2 Å². The zero-order valence-electron chi connectivity index (χ0n) is 15.1. The summed E-state index contributed by atoms with van der Waals surface area (Å²) in [5.41, 5.74) is 4.48. The van der Waals surface area contributed by atoms with Crippen LogP contribution in [0.15, 0.2) is 40.9 Å². The van der Waals surface area contributed by atoms with E-state index in [-0.39, 0.29) is 6.61 Å². The van der Waals surface area contributed by atoms with Gasteiger partial charge in [0.25, 0.3) is 0 Å². The average molecular weight is 486 g/mol. The van der Waals surface area contributed by atoms with E-state index in [1.165, 1.54) is 6.07 Å². The van der Waals surface area contributed by atoms with Crippen LogP contribution < -0.4 is 10.2 Å². The number of rotatable bonds is 8. The fraction of sp³-hybridized carbons (Fsp3) is 0.263. The molecular weight excluding hydrogens is 467 g/mol. The van der Waals surface area contributed by atoms with Crippen LogP contribution in [0.1, 0.15) is 30.3 Å². The molecule has 1 aromatic heterocycles. The van der Waals surface area contributed by atoms with Crippen molar-refractivity contribution in [3.8, 4) is 5.75 Å². The summed E-state index contributed by atoms with van der Waals surface area (Å²) in [5.74, 6) is 1.07. The summed E-state index contributed by atoms with van der Waals surface area (Å²) in [6.45, 7) is 2.56. The number of benzene rings is 2. The quantitative estimate of drug-likeness (QED) is 0.398. The Labute approximate surface area is 181 Å². The van der Waals surface area contributed by atoms with Crippen LogP contribution in [0, 0.1) is 10.6 Å². The lowest BCUT2D eigenvalue weighted by atomic mass is 10.2. The lowest BCUT2D eigenvalue weighted by Crippen LogP contribution is -2.18. The number of halogens is 3. The fourth-order valence-electron chi connectivity index (χ4n) is 2.70. The number of H-pyrrole nitrogens is 1. The van der Waals surface area contributed by atoms with E-state index in [0.29, 0.717) is 27.7 Å². The SMILES string of the molecule is CCCc1n[nH]c(=S)n1NCc1cc(Br)ccc1OCc1c(F)cccc1Cl. The first-order chi connectivity index (χ1) is 13.5. The Kier molecular flexibility index (Phi) is 7.09. The molecule has 0 saturated carbocycles. The van der Waals surface area contributed by atoms with Crippen molar-refractivity contribution in [3.63, 3.8) is 0 Å². The zero-order valence-corrected chi connectivity index (χ0v) is 18.3. The van der Waals surface area contributed by atoms with Gasteiger partial charge in [0.2, 0.25) is 4.77 Å². The molecule has 0 radical (unpaired) electrons. The minimum absolute atomic E-state index is 0.0341. The molecule has 0 bridgehead atoms. The molecule has 0 aliphatic heterocycles. The van der Waals surface area contributed by atoms with E-state index in [1.807, 2.05) is 18.2 Å². The Hall–Kier alpha value is -1.90. The molecule has 0 aliphatic rings. The smallest absolute Gasteiger partial charge is 0.214 e. The molecule has 2 aromatic carbocycles. The maximum absolute atomic E-state index is 14.0. The van der Waals surface area contributed by atoms with Gasteiger partial charge >= 0.3 is 0 Å². The molecule has 3 rings (SSSR count). The first-order valence-electron chi connectivity index (χ1n) is 8.74. The highest BCUT2D eigenvalue weighted by molar-refractivity contribution is 9.10. The Balaban J connectivity index is 1.78. The number of ether oxygens (including phenoxy) is 1. The molecule has 0 fully saturated rings. The van der Waals surface area contributed by atoms with Gasteiger partial charge in [0.05, 0.1) is 11.6 Å². The monoisotopic (exact) mass is 484 g/mol. The van der Waals surface area contributed by atoms with E-state index in [4.69, 9.17) is 28.6 Å². The van der Waals surface area contributed by atoms with Crippen molar-refractivity contribution in [2.24, 2.45) is 0 Å². The molecule has 0 spiro atoms. The summed E-state index contributed by atoms with van der Waals surface area (Å²) < 4.78 is 23.0. The highest BCUT2D eigenvalue weighted by Gasteiger charge is 2.11. The van der Waals surface area contributed by atoms with Crippen LogP contribution in [0.2, 0.25) is 5.02 Å². The lowest BCUT2D eigenvalue weighted by molar-refractivity contribution is 0.297. The Morgan fingerprint density at radius 3 is 2.93 bits per heavy atom. The van der Waals surface area contributed by atoms with Crippen LogP contribution in [0.3, 0.4) is 0 Å². The van der Waals surface area contributed by atoms with Gasteiger partial charge in [-0.1, -0.05) is 40.5 Å². The summed E-state index contributed by atoms with van der Waals surface area (Å²) in [4.78, 5) is 0. The van der Waals surface area contributed by atoms with E-state index < -0.39 is 5.82 Å². The van der Waals surface area contributed by atoms with E-state index in [9.17, 15) is 4.39 Å². The maximum Gasteiger partial charge on any atom is 0.214 e. The molecule has 0 unspecified atom stereocenters. The third kappa shape index (κ3) is 4.92. The summed E-state index contributed by atoms with van der Waals surface area (Å²) in [6.07, 6.45) is 1.75. The van der Waals surface area contributed by atoms with Crippen molar-refractivity contribution >= 4 is 39.7 Å². The summed E-state index contributed by atoms with van der Waals surface area (Å²) in [6, 6.07) is 10.2. The van der Waals surface area contributed by atoms with Crippen molar-refractivity contribution < 1.29 is 9.13 Å². The number of hydrogen-bond acceptors (Lipinski definition) is 4. The molecule has 28 heavy (non-hydrogen) atoms. The highest BCUT2D eigenvalue weighted by atomic mass is 79.9. The second-order valence-electron chi connectivity index (χ2n) is 6.11. The first kappa shape index (κ1) is 20.8. The number of nitrogens with zero attached hydrogens (tertiary/aromatic N) is 2. The minimum atomic E-state index is -0.391. The summed E-state index contributed by atoms with van der Waals surface area (Å²) in [7, 11) is 0. The number of aromatic nitrogens is 3. The molecule has 0 saturated heterocycles. The first-order valence-corrected chi connectivity index (χ1v) is 10.3. The summed E-state index contributed by atoms with van der Waals surface area (Å²) in [5, 5.41) is 7.38. The second-order valence-corrected chi connectivity index (χ2v) is 7.82. The van der Waals surface area contributed by atoms with E-state index >= 15 is 0 Å². The molecule has 1 heterocycles. The van der Waals surface area contributed by atoms with Gasteiger partial charge in [0, 0.05) is 22.0 Å². The van der Waals surface area contributed by atoms with Gasteiger partial charge in [-0.15, -0.1) is 0 Å². The van der Waals surface area contributed by atoms with Gasteiger partial charge in [-0.2, -0.15) is 5.10 Å². The normalized spacial score (nSPS) is 10.9.